The molecule has 0 heterocycles. The zero-order valence-corrected chi connectivity index (χ0v) is 20.2. The molecule has 228 valence electrons. The molecule has 0 bridgehead atoms. The van der Waals surface area contributed by atoms with Crippen molar-refractivity contribution in [1.82, 2.24) is 0 Å². The highest BCUT2D eigenvalue weighted by Gasteiger charge is 2.46. The van der Waals surface area contributed by atoms with Crippen LogP contribution >= 0.6 is 0 Å². The number of carbonyl (C=O) groups is 3. The molecule has 0 aliphatic heterocycles. The monoisotopic (exact) mass is 546 g/mol. The van der Waals surface area contributed by atoms with Crippen LogP contribution in [0.5, 0.6) is 5.75 Å². The topological polar surface area (TPSA) is 99.1 Å². The molecule has 7 nitrogen and oxygen atoms in total. The van der Waals surface area contributed by atoms with E-state index in [4.69, 9.17) is 14.6 Å². The number of para-hydroxylation sites is 1. The Morgan fingerprint density at radius 1 is 0.842 bits per heavy atom. The molecule has 0 radical (unpaired) electrons. The van der Waals surface area contributed by atoms with E-state index in [2.05, 4.69) is 4.74 Å². The van der Waals surface area contributed by atoms with Crippen LogP contribution in [-0.4, -0.2) is 43.3 Å². The first-order valence-electron chi connectivity index (χ1n) is 11.1. The second kappa shape index (κ2) is 21.4. The van der Waals surface area contributed by atoms with E-state index in [0.29, 0.717) is 13.2 Å². The van der Waals surface area contributed by atoms with Gasteiger partial charge >= 0.3 is 17.9 Å². The van der Waals surface area contributed by atoms with Crippen LogP contribution in [0.4, 0.5) is 0 Å². The summed E-state index contributed by atoms with van der Waals surface area (Å²) in [6.45, 7) is 10.2. The summed E-state index contributed by atoms with van der Waals surface area (Å²) in [6.07, 6.45) is 4.45. The molecule has 0 aromatic heterocycles. The van der Waals surface area contributed by atoms with E-state index < -0.39 is 5.97 Å². The first-order valence-corrected chi connectivity index (χ1v) is 11.1. The van der Waals surface area contributed by atoms with Crippen molar-refractivity contribution in [3.8, 4) is 5.75 Å². The lowest BCUT2D eigenvalue weighted by Crippen LogP contribution is -2.24. The molecule has 1 aromatic carbocycles. The van der Waals surface area contributed by atoms with Gasteiger partial charge in [-0.3, -0.25) is 14.4 Å². The molecule has 38 heavy (non-hydrogen) atoms. The highest BCUT2D eigenvalue weighted by atomic mass is 16.6. The van der Waals surface area contributed by atoms with Crippen LogP contribution in [0.3, 0.4) is 0 Å². The lowest BCUT2D eigenvalue weighted by atomic mass is 9.91. The minimum atomic E-state index is -0.646. The van der Waals surface area contributed by atoms with Gasteiger partial charge in [0, 0.05) is 0 Å². The Labute approximate surface area is 235 Å². The smallest absolute Gasteiger partial charge is 0.311 e. The minimum Gasteiger partial charge on any atom is -0.490 e. The normalized spacial score (nSPS) is 14.1. The second-order valence-corrected chi connectivity index (χ2v) is 9.45. The molecule has 0 unspecified atom stereocenters. The standard InChI is InChI=1S/C13H16O3.C7H14O2.C5H8O2.6CH4/c1-13(7-8-13)12(14)16-10-9-15-11-5-3-2-4-6-11;1-5-7(2,3)6(8)9-4;1-5(2-3-5)4(6)7;;;;;;/h2-6H,7-10H2,1H3;5H2,1-4H3;2-3H2,1H3,(H,6,7);6*1H4. The number of benzene rings is 1. The number of carbonyl (C=O) groups excluding carboxylic acids is 2. The molecule has 1 aromatic rings. The van der Waals surface area contributed by atoms with Crippen molar-refractivity contribution in [2.75, 3.05) is 20.3 Å². The average Bonchev–Trinajstić information content (AvgIpc) is 3.71. The molecule has 7 heteroatoms. The number of carboxylic acids is 1. The number of carboxylic acid groups (broad SMARTS) is 1. The number of hydrogen-bond donors (Lipinski definition) is 1. The Morgan fingerprint density at radius 2 is 1.29 bits per heavy atom. The van der Waals surface area contributed by atoms with Gasteiger partial charge < -0.3 is 19.3 Å². The van der Waals surface area contributed by atoms with Gasteiger partial charge in [-0.05, 0) is 71.9 Å². The second-order valence-electron chi connectivity index (χ2n) is 9.45. The van der Waals surface area contributed by atoms with Gasteiger partial charge in [0.05, 0.1) is 23.4 Å². The summed E-state index contributed by atoms with van der Waals surface area (Å²) in [5, 5.41) is 8.31. The SMILES string of the molecule is C.C.C.C.C.C.CC1(C(=O)O)CC1.CC1(C(=O)OCCOc2ccccc2)CC1.CCC(C)(C)C(=O)OC. The maximum absolute atomic E-state index is 11.5. The fourth-order valence-corrected chi connectivity index (χ4v) is 2.20. The molecule has 0 atom stereocenters. The lowest BCUT2D eigenvalue weighted by molar-refractivity contribution is -0.151. The quantitative estimate of drug-likeness (QED) is 0.257. The maximum Gasteiger partial charge on any atom is 0.311 e. The van der Waals surface area contributed by atoms with E-state index in [1.807, 2.05) is 58.0 Å². The fourth-order valence-electron chi connectivity index (χ4n) is 2.20. The predicted octanol–water partition coefficient (Wildman–Crippen LogP) is 8.69. The molecule has 3 rings (SSSR count). The number of esters is 2. The van der Waals surface area contributed by atoms with Crippen LogP contribution in [0.1, 0.15) is 111 Å². The van der Waals surface area contributed by atoms with Crippen molar-refractivity contribution in [3.63, 3.8) is 0 Å². The zero-order chi connectivity index (χ0) is 24.4. The van der Waals surface area contributed by atoms with Gasteiger partial charge in [0.2, 0.25) is 0 Å². The predicted molar refractivity (Wildman–Crippen MR) is 162 cm³/mol. The first-order chi connectivity index (χ1) is 14.9. The van der Waals surface area contributed by atoms with Crippen molar-refractivity contribution in [2.24, 2.45) is 16.2 Å². The van der Waals surface area contributed by atoms with Gasteiger partial charge in [0.15, 0.2) is 0 Å². The highest BCUT2D eigenvalue weighted by Crippen LogP contribution is 2.46. The number of methoxy groups -OCH3 is 1. The first kappa shape index (κ1) is 48.5. The van der Waals surface area contributed by atoms with Gasteiger partial charge in [-0.25, -0.2) is 0 Å². The fraction of sp³-hybridized carbons (Fsp3) is 0.710. The number of rotatable bonds is 8. The van der Waals surface area contributed by atoms with E-state index in [9.17, 15) is 14.4 Å². The number of ether oxygens (including phenoxy) is 3. The molecular formula is C31H62O7. The third-order valence-electron chi connectivity index (χ3n) is 5.96. The van der Waals surface area contributed by atoms with E-state index in [0.717, 1.165) is 37.9 Å². The number of aliphatic carboxylic acids is 1. The van der Waals surface area contributed by atoms with Crippen LogP contribution in [-0.2, 0) is 23.9 Å². The average molecular weight is 547 g/mol. The zero-order valence-electron chi connectivity index (χ0n) is 20.2. The van der Waals surface area contributed by atoms with Crippen molar-refractivity contribution < 1.29 is 33.7 Å². The molecular weight excluding hydrogens is 484 g/mol. The van der Waals surface area contributed by atoms with Gasteiger partial charge in [-0.2, -0.15) is 0 Å². The molecule has 0 spiro atoms. The van der Waals surface area contributed by atoms with E-state index in [-0.39, 0.29) is 72.7 Å². The Kier molecular flexibility index (Phi) is 27.3. The Hall–Kier alpha value is -2.57. The highest BCUT2D eigenvalue weighted by molar-refractivity contribution is 5.79. The van der Waals surface area contributed by atoms with Crippen LogP contribution in [0.2, 0.25) is 0 Å². The minimum absolute atomic E-state index is 0. The molecule has 1 N–H and O–H groups in total. The van der Waals surface area contributed by atoms with Gasteiger partial charge in [0.1, 0.15) is 19.0 Å². The van der Waals surface area contributed by atoms with Crippen molar-refractivity contribution >= 4 is 17.9 Å². The van der Waals surface area contributed by atoms with Crippen LogP contribution in [0, 0.1) is 16.2 Å². The molecule has 0 amide bonds. The third kappa shape index (κ3) is 17.0. The summed E-state index contributed by atoms with van der Waals surface area (Å²) < 4.78 is 15.1. The Bertz CT molecular complexity index is 749. The summed E-state index contributed by atoms with van der Waals surface area (Å²) >= 11 is 0. The van der Waals surface area contributed by atoms with Gasteiger partial charge in [-0.15, -0.1) is 0 Å². The van der Waals surface area contributed by atoms with E-state index in [1.165, 1.54) is 7.11 Å². The largest absolute Gasteiger partial charge is 0.490 e. The summed E-state index contributed by atoms with van der Waals surface area (Å²) in [7, 11) is 1.42. The van der Waals surface area contributed by atoms with Crippen molar-refractivity contribution in [3.05, 3.63) is 30.3 Å². The summed E-state index contributed by atoms with van der Waals surface area (Å²) in [5.41, 5.74) is -0.846. The number of hydrogen-bond acceptors (Lipinski definition) is 6. The van der Waals surface area contributed by atoms with E-state index in [1.54, 1.807) is 6.92 Å². The Morgan fingerprint density at radius 3 is 1.58 bits per heavy atom. The maximum atomic E-state index is 11.5. The summed E-state index contributed by atoms with van der Waals surface area (Å²) in [5.74, 6) is -0.0714. The lowest BCUT2D eigenvalue weighted by Gasteiger charge is -2.17. The summed E-state index contributed by atoms with van der Waals surface area (Å²) in [4.78, 5) is 32.4. The van der Waals surface area contributed by atoms with Crippen LogP contribution < -0.4 is 4.74 Å². The van der Waals surface area contributed by atoms with Crippen LogP contribution in [0.25, 0.3) is 0 Å². The molecule has 0 saturated heterocycles. The van der Waals surface area contributed by atoms with Gasteiger partial charge in [-0.1, -0.05) is 69.7 Å². The molecule has 2 saturated carbocycles. The summed E-state index contributed by atoms with van der Waals surface area (Å²) in [6, 6.07) is 9.51. The molecule has 2 fully saturated rings. The van der Waals surface area contributed by atoms with Crippen molar-refractivity contribution in [1.29, 1.82) is 0 Å². The Balaban J connectivity index is -0.000000102. The molecule has 2 aliphatic rings. The van der Waals surface area contributed by atoms with E-state index >= 15 is 0 Å². The van der Waals surface area contributed by atoms with Crippen molar-refractivity contribution in [2.45, 2.75) is 111 Å². The third-order valence-corrected chi connectivity index (χ3v) is 5.96. The van der Waals surface area contributed by atoms with Crippen LogP contribution in [0.15, 0.2) is 30.3 Å². The molecule has 2 aliphatic carbocycles. The van der Waals surface area contributed by atoms with Gasteiger partial charge in [0.25, 0.3) is 0 Å².